The van der Waals surface area contributed by atoms with Crippen molar-refractivity contribution in [2.45, 2.75) is 63.8 Å². The van der Waals surface area contributed by atoms with Crippen LogP contribution in [0.25, 0.3) is 22.2 Å². The van der Waals surface area contributed by atoms with Crippen molar-refractivity contribution >= 4 is 23.1 Å². The molecule has 0 aliphatic carbocycles. The van der Waals surface area contributed by atoms with Gasteiger partial charge in [0.15, 0.2) is 11.7 Å². The first-order chi connectivity index (χ1) is 18.9. The highest BCUT2D eigenvalue weighted by molar-refractivity contribution is 5.83. The Morgan fingerprint density at radius 1 is 1.23 bits per heavy atom. The largest absolute Gasteiger partial charge is 0.444 e. The lowest BCUT2D eigenvalue weighted by Gasteiger charge is -2.32. The Labute approximate surface area is 231 Å². The molecule has 1 saturated heterocycles. The molecule has 40 heavy (non-hydrogen) atoms. The third-order valence-electron chi connectivity index (χ3n) is 6.86. The number of carbonyl (C=O) groups is 2. The van der Waals surface area contributed by atoms with Gasteiger partial charge in [0.05, 0.1) is 17.6 Å². The van der Waals surface area contributed by atoms with Crippen LogP contribution < -0.4 is 11.1 Å². The van der Waals surface area contributed by atoms with Gasteiger partial charge in [0.1, 0.15) is 17.5 Å². The Balaban J connectivity index is 1.46. The van der Waals surface area contributed by atoms with E-state index in [0.717, 1.165) is 0 Å². The van der Waals surface area contributed by atoms with Crippen molar-refractivity contribution in [2.75, 3.05) is 13.7 Å². The number of likely N-dealkylation sites (tertiary alicyclic amines) is 1. The highest BCUT2D eigenvalue weighted by Gasteiger charge is 2.41. The maximum absolute atomic E-state index is 15.1. The van der Waals surface area contributed by atoms with Gasteiger partial charge in [0.2, 0.25) is 0 Å². The third kappa shape index (κ3) is 6.18. The van der Waals surface area contributed by atoms with Gasteiger partial charge in [0, 0.05) is 27.1 Å². The molecule has 1 aromatic heterocycles. The lowest BCUT2D eigenvalue weighted by Crippen LogP contribution is -2.53. The first-order valence-electron chi connectivity index (χ1n) is 13.0. The van der Waals surface area contributed by atoms with Crippen LogP contribution in [0.5, 0.6) is 0 Å². The summed E-state index contributed by atoms with van der Waals surface area (Å²) < 4.78 is 32.6. The summed E-state index contributed by atoms with van der Waals surface area (Å²) in [4.78, 5) is 39.1. The molecule has 0 saturated carbocycles. The van der Waals surface area contributed by atoms with Gasteiger partial charge in [-0.25, -0.2) is 14.0 Å². The normalized spacial score (nSPS) is 16.9. The average molecular weight is 553 g/mol. The summed E-state index contributed by atoms with van der Waals surface area (Å²) in [5, 5.41) is 12.4. The second-order valence-corrected chi connectivity index (χ2v) is 10.8. The molecule has 212 valence electrons. The Hall–Kier alpha value is -4.17. The quantitative estimate of drug-likeness (QED) is 0.471. The fourth-order valence-corrected chi connectivity index (χ4v) is 4.89. The number of fused-ring (bicyclic) bond motifs is 1. The molecule has 1 unspecified atom stereocenters. The van der Waals surface area contributed by atoms with Gasteiger partial charge in [-0.15, -0.1) is 0 Å². The second kappa shape index (κ2) is 11.5. The Morgan fingerprint density at radius 3 is 2.58 bits per heavy atom. The molecule has 2 heterocycles. The van der Waals surface area contributed by atoms with Crippen molar-refractivity contribution in [3.05, 3.63) is 58.3 Å². The van der Waals surface area contributed by atoms with Crippen molar-refractivity contribution in [3.63, 3.8) is 0 Å². The van der Waals surface area contributed by atoms with Gasteiger partial charge in [-0.3, -0.25) is 9.36 Å². The summed E-state index contributed by atoms with van der Waals surface area (Å²) in [6, 6.07) is 10.2. The fraction of sp³-hybridized carbons (Fsp3) is 0.448. The summed E-state index contributed by atoms with van der Waals surface area (Å²) in [7, 11) is 2.96. The number of halogens is 1. The number of carbonyl (C=O) groups excluding carboxylic acids is 2. The molecule has 0 spiro atoms. The number of oxazole rings is 1. The summed E-state index contributed by atoms with van der Waals surface area (Å²) in [6.07, 6.45) is -0.400. The number of hydrogen-bond acceptors (Lipinski definition) is 7. The summed E-state index contributed by atoms with van der Waals surface area (Å²) in [6.45, 7) is 5.72. The molecule has 11 heteroatoms. The van der Waals surface area contributed by atoms with Crippen LogP contribution in [0.15, 0.2) is 45.6 Å². The molecule has 1 N–H and O–H groups in total. The number of rotatable bonds is 7. The maximum atomic E-state index is 15.1. The second-order valence-electron chi connectivity index (χ2n) is 10.8. The maximum Gasteiger partial charge on any atom is 0.419 e. The zero-order chi connectivity index (χ0) is 29.2. The van der Waals surface area contributed by atoms with Crippen molar-refractivity contribution in [2.24, 2.45) is 7.05 Å². The third-order valence-corrected chi connectivity index (χ3v) is 6.86. The predicted molar refractivity (Wildman–Crippen MR) is 145 cm³/mol. The molecule has 10 nitrogen and oxygen atoms in total. The van der Waals surface area contributed by atoms with E-state index in [1.54, 1.807) is 58.2 Å². The lowest BCUT2D eigenvalue weighted by atomic mass is 9.99. The first kappa shape index (κ1) is 28.8. The van der Waals surface area contributed by atoms with Crippen LogP contribution in [0.3, 0.4) is 0 Å². The lowest BCUT2D eigenvalue weighted by molar-refractivity contribution is -0.134. The molecule has 4 rings (SSSR count). The van der Waals surface area contributed by atoms with Gasteiger partial charge in [-0.2, -0.15) is 5.26 Å². The molecule has 1 aliphatic rings. The van der Waals surface area contributed by atoms with Crippen LogP contribution >= 0.6 is 0 Å². The predicted octanol–water partition coefficient (Wildman–Crippen LogP) is 3.90. The van der Waals surface area contributed by atoms with Gasteiger partial charge in [-0.1, -0.05) is 18.2 Å². The Bertz CT molecular complexity index is 1520. The van der Waals surface area contributed by atoms with Crippen LogP contribution in [0, 0.1) is 17.1 Å². The number of methoxy groups -OCH3 is 1. The molecule has 0 radical (unpaired) electrons. The highest BCUT2D eigenvalue weighted by atomic mass is 19.1. The molecule has 3 atom stereocenters. The van der Waals surface area contributed by atoms with E-state index in [0.29, 0.717) is 41.6 Å². The number of nitrogens with zero attached hydrogens (tertiary/aromatic N) is 3. The number of nitrogens with one attached hydrogen (secondary N) is 1. The van der Waals surface area contributed by atoms with Crippen molar-refractivity contribution in [1.29, 1.82) is 5.26 Å². The van der Waals surface area contributed by atoms with Crippen LogP contribution in [-0.4, -0.2) is 58.9 Å². The van der Waals surface area contributed by atoms with E-state index in [1.165, 1.54) is 22.6 Å². The molecule has 1 aliphatic heterocycles. The summed E-state index contributed by atoms with van der Waals surface area (Å²) >= 11 is 0. The zero-order valence-electron chi connectivity index (χ0n) is 23.2. The molecule has 3 aromatic rings. The van der Waals surface area contributed by atoms with Crippen molar-refractivity contribution in [1.82, 2.24) is 14.8 Å². The number of nitriles is 1. The number of benzene rings is 2. The van der Waals surface area contributed by atoms with E-state index in [4.69, 9.17) is 13.9 Å². The summed E-state index contributed by atoms with van der Waals surface area (Å²) in [5.74, 6) is -1.59. The fourth-order valence-electron chi connectivity index (χ4n) is 4.89. The molecule has 2 amide bonds. The average Bonchev–Trinajstić information content (AvgIpc) is 3.48. The van der Waals surface area contributed by atoms with Gasteiger partial charge in [-0.05, 0) is 68.5 Å². The minimum Gasteiger partial charge on any atom is -0.444 e. The van der Waals surface area contributed by atoms with Crippen LogP contribution in [-0.2, 0) is 27.7 Å². The van der Waals surface area contributed by atoms with Gasteiger partial charge >= 0.3 is 11.8 Å². The SMILES string of the molecule is COC(C(=O)N[C@H](C#N)Cc1ccc(-c2ccc3oc(=O)n(C)c3c2)cc1F)[C@H]1CCCN1C(=O)OC(C)(C)C. The molecular formula is C29H33FN4O6. The van der Waals surface area contributed by atoms with E-state index < -0.39 is 47.4 Å². The first-order valence-corrected chi connectivity index (χ1v) is 13.0. The van der Waals surface area contributed by atoms with E-state index in [1.807, 2.05) is 6.07 Å². The Kier molecular flexibility index (Phi) is 8.30. The van der Waals surface area contributed by atoms with E-state index in [-0.39, 0.29) is 12.0 Å². The standard InChI is InChI=1S/C29H33FN4O6/c1-29(2,3)40-28(37)34-12-6-7-22(34)25(38-5)26(35)32-20(16-31)13-19-9-8-17(14-21(19)30)18-10-11-24-23(15-18)33(4)27(36)39-24/h8-11,14-15,20,22,25H,6-7,12-13H2,1-5H3,(H,32,35)/t20-,22+,25?/m0/s1. The van der Waals surface area contributed by atoms with Crippen LogP contribution in [0.2, 0.25) is 0 Å². The minimum absolute atomic E-state index is 0.0689. The van der Waals surface area contributed by atoms with Crippen molar-refractivity contribution in [3.8, 4) is 17.2 Å². The zero-order valence-corrected chi connectivity index (χ0v) is 23.2. The highest BCUT2D eigenvalue weighted by Crippen LogP contribution is 2.27. The molecular weight excluding hydrogens is 519 g/mol. The molecule has 0 bridgehead atoms. The monoisotopic (exact) mass is 552 g/mol. The van der Waals surface area contributed by atoms with E-state index >= 15 is 4.39 Å². The minimum atomic E-state index is -1.03. The number of amides is 2. The molecule has 2 aromatic carbocycles. The number of aryl methyl sites for hydroxylation is 1. The van der Waals surface area contributed by atoms with Gasteiger partial charge < -0.3 is 24.1 Å². The number of ether oxygens (including phenoxy) is 2. The Morgan fingerprint density at radius 2 is 1.93 bits per heavy atom. The van der Waals surface area contributed by atoms with Crippen LogP contribution in [0.1, 0.15) is 39.2 Å². The summed E-state index contributed by atoms with van der Waals surface area (Å²) in [5.41, 5.74) is 1.84. The van der Waals surface area contributed by atoms with E-state index in [9.17, 15) is 19.6 Å². The molecule has 1 fully saturated rings. The van der Waals surface area contributed by atoms with E-state index in [2.05, 4.69) is 5.32 Å². The number of aromatic nitrogens is 1. The topological polar surface area (TPSA) is 127 Å². The van der Waals surface area contributed by atoms with Crippen LogP contribution in [0.4, 0.5) is 9.18 Å². The van der Waals surface area contributed by atoms with Gasteiger partial charge in [0.25, 0.3) is 5.91 Å². The smallest absolute Gasteiger partial charge is 0.419 e. The van der Waals surface area contributed by atoms with Crippen molar-refractivity contribution < 1.29 is 27.9 Å². The number of hydrogen-bond donors (Lipinski definition) is 1.